The minimum absolute atomic E-state index is 0.407. The second kappa shape index (κ2) is 5.72. The van der Waals surface area contributed by atoms with E-state index in [4.69, 9.17) is 5.26 Å². The lowest BCUT2D eigenvalue weighted by molar-refractivity contribution is 0.447. The fraction of sp³-hybridized carbons (Fsp3) is 0.278. The van der Waals surface area contributed by atoms with Crippen molar-refractivity contribution in [3.8, 4) is 17.9 Å². The zero-order valence-corrected chi connectivity index (χ0v) is 12.6. The van der Waals surface area contributed by atoms with Crippen molar-refractivity contribution < 1.29 is 0 Å². The molecule has 1 fully saturated rings. The molecule has 112 valence electrons. The molecule has 3 aromatic heterocycles. The normalized spacial score (nSPS) is 15.3. The van der Waals surface area contributed by atoms with E-state index in [2.05, 4.69) is 38.2 Å². The molecule has 23 heavy (non-hydrogen) atoms. The summed E-state index contributed by atoms with van der Waals surface area (Å²) in [6.45, 7) is 2.09. The Bertz CT molecular complexity index is 977. The van der Waals surface area contributed by atoms with Crippen LogP contribution in [0.5, 0.6) is 0 Å². The monoisotopic (exact) mass is 301 g/mol. The number of nitriles is 1. The summed E-state index contributed by atoms with van der Waals surface area (Å²) in [5.41, 5.74) is 3.00. The van der Waals surface area contributed by atoms with Gasteiger partial charge >= 0.3 is 0 Å². The number of nitrogens with one attached hydrogen (secondary N) is 2. The lowest BCUT2D eigenvalue weighted by Gasteiger charge is -2.17. The number of H-pyrrole nitrogens is 1. The molecule has 4 rings (SSSR count). The fourth-order valence-corrected chi connectivity index (χ4v) is 2.96. The van der Waals surface area contributed by atoms with Gasteiger partial charge in [0.25, 0.3) is 0 Å². The first-order valence-corrected chi connectivity index (χ1v) is 7.73. The second-order valence-corrected chi connectivity index (χ2v) is 5.77. The number of rotatable bonds is 0. The van der Waals surface area contributed by atoms with Gasteiger partial charge < -0.3 is 10.3 Å². The van der Waals surface area contributed by atoms with Crippen LogP contribution in [-0.4, -0.2) is 28.0 Å². The van der Waals surface area contributed by atoms with Gasteiger partial charge in [-0.2, -0.15) is 5.26 Å². The van der Waals surface area contributed by atoms with E-state index < -0.39 is 0 Å². The van der Waals surface area contributed by atoms with E-state index in [-0.39, 0.29) is 0 Å². The molecule has 0 saturated carbocycles. The largest absolute Gasteiger partial charge is 0.338 e. The topological polar surface area (TPSA) is 77.4 Å². The Labute approximate surface area is 133 Å². The van der Waals surface area contributed by atoms with Crippen LogP contribution in [0.3, 0.4) is 0 Å². The molecule has 1 saturated heterocycles. The molecule has 1 aliphatic rings. The molecule has 5 nitrogen and oxygen atoms in total. The molecule has 0 bridgehead atoms. The second-order valence-electron chi connectivity index (χ2n) is 5.77. The summed E-state index contributed by atoms with van der Waals surface area (Å²) in [6.07, 6.45) is 5.68. The Morgan fingerprint density at radius 1 is 1.09 bits per heavy atom. The summed E-state index contributed by atoms with van der Waals surface area (Å²) in [5.74, 6) is 7.08. The SMILES string of the molecule is N#Cc1cc2c(cn1)[nH]c1ncc(C#CC3CCNCC3)cc12. The lowest BCUT2D eigenvalue weighted by Crippen LogP contribution is -2.26. The molecule has 0 unspecified atom stereocenters. The van der Waals surface area contributed by atoms with Crippen molar-refractivity contribution in [3.05, 3.63) is 35.8 Å². The van der Waals surface area contributed by atoms with Crippen LogP contribution >= 0.6 is 0 Å². The minimum atomic E-state index is 0.407. The van der Waals surface area contributed by atoms with Crippen molar-refractivity contribution in [2.75, 3.05) is 13.1 Å². The quantitative estimate of drug-likeness (QED) is 0.625. The average molecular weight is 301 g/mol. The number of aromatic amines is 1. The first-order valence-electron chi connectivity index (χ1n) is 7.73. The van der Waals surface area contributed by atoms with Crippen LogP contribution in [0.25, 0.3) is 21.9 Å². The third kappa shape index (κ3) is 2.63. The molecule has 0 spiro atoms. The number of aromatic nitrogens is 3. The maximum Gasteiger partial charge on any atom is 0.141 e. The molecule has 0 amide bonds. The van der Waals surface area contributed by atoms with E-state index in [1.54, 1.807) is 18.5 Å². The van der Waals surface area contributed by atoms with Crippen molar-refractivity contribution in [2.45, 2.75) is 12.8 Å². The fourth-order valence-electron chi connectivity index (χ4n) is 2.96. The van der Waals surface area contributed by atoms with Gasteiger partial charge in [0.15, 0.2) is 0 Å². The van der Waals surface area contributed by atoms with E-state index >= 15 is 0 Å². The van der Waals surface area contributed by atoms with Gasteiger partial charge in [0, 0.05) is 28.5 Å². The zero-order chi connectivity index (χ0) is 15.6. The van der Waals surface area contributed by atoms with Crippen molar-refractivity contribution in [2.24, 2.45) is 5.92 Å². The Hall–Kier alpha value is -2.89. The summed E-state index contributed by atoms with van der Waals surface area (Å²) < 4.78 is 0. The van der Waals surface area contributed by atoms with Crippen molar-refractivity contribution in [3.63, 3.8) is 0 Å². The number of piperidine rings is 1. The average Bonchev–Trinajstić information content (AvgIpc) is 2.98. The van der Waals surface area contributed by atoms with Crippen LogP contribution in [0.15, 0.2) is 24.5 Å². The van der Waals surface area contributed by atoms with Crippen LogP contribution in [-0.2, 0) is 0 Å². The van der Waals surface area contributed by atoms with Crippen molar-refractivity contribution in [1.29, 1.82) is 5.26 Å². The third-order valence-corrected chi connectivity index (χ3v) is 4.21. The van der Waals surface area contributed by atoms with Crippen LogP contribution in [0, 0.1) is 29.1 Å². The summed E-state index contributed by atoms with van der Waals surface area (Å²) in [4.78, 5) is 11.8. The summed E-state index contributed by atoms with van der Waals surface area (Å²) in [5, 5.41) is 14.3. The maximum absolute atomic E-state index is 9.02. The highest BCUT2D eigenvalue weighted by Crippen LogP contribution is 2.24. The van der Waals surface area contributed by atoms with Gasteiger partial charge in [-0.05, 0) is 38.1 Å². The first kappa shape index (κ1) is 13.8. The van der Waals surface area contributed by atoms with E-state index in [0.717, 1.165) is 53.4 Å². The molecule has 4 heterocycles. The highest BCUT2D eigenvalue weighted by molar-refractivity contribution is 6.06. The highest BCUT2D eigenvalue weighted by atomic mass is 14.9. The Morgan fingerprint density at radius 3 is 2.78 bits per heavy atom. The molecular weight excluding hydrogens is 286 g/mol. The van der Waals surface area contributed by atoms with Gasteiger partial charge in [-0.25, -0.2) is 9.97 Å². The summed E-state index contributed by atoms with van der Waals surface area (Å²) >= 11 is 0. The van der Waals surface area contributed by atoms with E-state index in [0.29, 0.717) is 11.6 Å². The molecule has 0 aliphatic carbocycles. The first-order chi connectivity index (χ1) is 11.3. The van der Waals surface area contributed by atoms with Crippen molar-refractivity contribution in [1.82, 2.24) is 20.3 Å². The van der Waals surface area contributed by atoms with Gasteiger partial charge in [0.2, 0.25) is 0 Å². The zero-order valence-electron chi connectivity index (χ0n) is 12.6. The standard InChI is InChI=1S/C18H15N5/c19-9-14-8-15-16-7-13(2-1-12-3-5-20-6-4-12)10-22-18(16)23-17(15)11-21-14/h7-8,10-12,20H,3-6H2,(H,22,23). The predicted octanol–water partition coefficient (Wildman–Crippen LogP) is 2.33. The van der Waals surface area contributed by atoms with Crippen molar-refractivity contribution >= 4 is 21.9 Å². The minimum Gasteiger partial charge on any atom is -0.338 e. The van der Waals surface area contributed by atoms with Gasteiger partial charge in [-0.1, -0.05) is 11.8 Å². The molecule has 0 aromatic carbocycles. The lowest BCUT2D eigenvalue weighted by atomic mass is 9.98. The van der Waals surface area contributed by atoms with E-state index in [9.17, 15) is 0 Å². The molecule has 2 N–H and O–H groups in total. The Morgan fingerprint density at radius 2 is 1.96 bits per heavy atom. The Kier molecular flexibility index (Phi) is 3.42. The maximum atomic E-state index is 9.02. The number of hydrogen-bond donors (Lipinski definition) is 2. The number of fused-ring (bicyclic) bond motifs is 3. The summed E-state index contributed by atoms with van der Waals surface area (Å²) in [7, 11) is 0. The van der Waals surface area contributed by atoms with Gasteiger partial charge in [-0.15, -0.1) is 0 Å². The number of nitrogens with zero attached hydrogens (tertiary/aromatic N) is 3. The van der Waals surface area contributed by atoms with Crippen LogP contribution in [0.1, 0.15) is 24.1 Å². The number of pyridine rings is 2. The summed E-state index contributed by atoms with van der Waals surface area (Å²) in [6, 6.07) is 5.91. The third-order valence-electron chi connectivity index (χ3n) is 4.21. The van der Waals surface area contributed by atoms with E-state index in [1.807, 2.05) is 6.07 Å². The van der Waals surface area contributed by atoms with Crippen LogP contribution < -0.4 is 5.32 Å². The van der Waals surface area contributed by atoms with Crippen LogP contribution in [0.4, 0.5) is 0 Å². The molecule has 1 aliphatic heterocycles. The van der Waals surface area contributed by atoms with Gasteiger partial charge in [0.1, 0.15) is 17.4 Å². The van der Waals surface area contributed by atoms with Gasteiger partial charge in [0.05, 0.1) is 11.7 Å². The van der Waals surface area contributed by atoms with E-state index in [1.165, 1.54) is 0 Å². The molecule has 0 atom stereocenters. The molecule has 0 radical (unpaired) electrons. The highest BCUT2D eigenvalue weighted by Gasteiger charge is 2.10. The smallest absolute Gasteiger partial charge is 0.141 e. The number of hydrogen-bond acceptors (Lipinski definition) is 4. The predicted molar refractivity (Wildman–Crippen MR) is 88.6 cm³/mol. The molecule has 3 aromatic rings. The van der Waals surface area contributed by atoms with Crippen LogP contribution in [0.2, 0.25) is 0 Å². The van der Waals surface area contributed by atoms with Gasteiger partial charge in [-0.3, -0.25) is 0 Å². The molecule has 5 heteroatoms. The molecular formula is C18H15N5. The Balaban J connectivity index is 1.76.